The van der Waals surface area contributed by atoms with Gasteiger partial charge in [0.05, 0.1) is 11.3 Å². The van der Waals surface area contributed by atoms with Crippen molar-refractivity contribution in [2.75, 3.05) is 0 Å². The minimum absolute atomic E-state index is 0.0657. The fourth-order valence-electron chi connectivity index (χ4n) is 2.33. The average molecular weight is 282 g/mol. The van der Waals surface area contributed by atoms with Gasteiger partial charge in [-0.1, -0.05) is 0 Å². The predicted molar refractivity (Wildman–Crippen MR) is 66.9 cm³/mol. The van der Waals surface area contributed by atoms with Crippen molar-refractivity contribution in [1.29, 1.82) is 0 Å². The largest absolute Gasteiger partial charge is 0.441 e. The van der Waals surface area contributed by atoms with Gasteiger partial charge in [-0.15, -0.1) is 0 Å². The Labute approximate surface area is 113 Å². The molecule has 20 heavy (non-hydrogen) atoms. The molecule has 1 atom stereocenters. The second-order valence-electron chi connectivity index (χ2n) is 4.97. The first-order valence-corrected chi connectivity index (χ1v) is 6.35. The number of aryl methyl sites for hydroxylation is 1. The number of alkyl halides is 3. The molecular weight excluding hydrogens is 269 g/mol. The van der Waals surface area contributed by atoms with Crippen molar-refractivity contribution >= 4 is 0 Å². The van der Waals surface area contributed by atoms with Crippen molar-refractivity contribution in [2.45, 2.75) is 31.5 Å². The maximum Gasteiger partial charge on any atom is 0.416 e. The molecule has 1 aliphatic carbocycles. The van der Waals surface area contributed by atoms with Gasteiger partial charge in [-0.25, -0.2) is 4.98 Å². The van der Waals surface area contributed by atoms with Crippen LogP contribution in [0.25, 0.3) is 11.5 Å². The molecule has 1 aromatic heterocycles. The van der Waals surface area contributed by atoms with Crippen LogP contribution in [0.4, 0.5) is 13.2 Å². The molecule has 0 saturated heterocycles. The van der Waals surface area contributed by atoms with Crippen LogP contribution in [0, 0.1) is 0 Å². The van der Waals surface area contributed by atoms with Crippen LogP contribution in [0.2, 0.25) is 0 Å². The Hall–Kier alpha value is -1.82. The number of oxazole rings is 1. The standard InChI is InChI=1S/C14H13F3N2O/c15-14(16,17)9-3-1-8(2-4-9)13-19-11-6-5-10(18)7-12(11)20-13/h1-4,10H,5-7,18H2. The molecule has 1 aromatic carbocycles. The van der Waals surface area contributed by atoms with Crippen LogP contribution in [-0.4, -0.2) is 11.0 Å². The van der Waals surface area contributed by atoms with Crippen molar-refractivity contribution in [3.05, 3.63) is 41.3 Å². The molecule has 0 bridgehead atoms. The van der Waals surface area contributed by atoms with E-state index in [1.54, 1.807) is 0 Å². The van der Waals surface area contributed by atoms with Crippen LogP contribution in [0.1, 0.15) is 23.4 Å². The number of halogens is 3. The molecule has 6 heteroatoms. The maximum absolute atomic E-state index is 12.5. The Kier molecular flexibility index (Phi) is 3.05. The van der Waals surface area contributed by atoms with Crippen molar-refractivity contribution in [2.24, 2.45) is 5.73 Å². The SMILES string of the molecule is NC1CCc2nc(-c3ccc(C(F)(F)F)cc3)oc2C1. The zero-order chi connectivity index (χ0) is 14.3. The lowest BCUT2D eigenvalue weighted by atomic mass is 9.98. The van der Waals surface area contributed by atoms with Gasteiger partial charge in [0.15, 0.2) is 0 Å². The van der Waals surface area contributed by atoms with E-state index < -0.39 is 11.7 Å². The first kappa shape index (κ1) is 13.2. The zero-order valence-electron chi connectivity index (χ0n) is 10.6. The minimum atomic E-state index is -4.33. The molecule has 0 radical (unpaired) electrons. The molecule has 0 aliphatic heterocycles. The monoisotopic (exact) mass is 282 g/mol. The van der Waals surface area contributed by atoms with E-state index in [0.717, 1.165) is 36.4 Å². The Morgan fingerprint density at radius 3 is 2.55 bits per heavy atom. The van der Waals surface area contributed by atoms with Gasteiger partial charge in [0.1, 0.15) is 5.76 Å². The van der Waals surface area contributed by atoms with Gasteiger partial charge >= 0.3 is 6.18 Å². The number of fused-ring (bicyclic) bond motifs is 1. The Balaban J connectivity index is 1.90. The van der Waals surface area contributed by atoms with Crippen LogP contribution in [0.3, 0.4) is 0 Å². The summed E-state index contributed by atoms with van der Waals surface area (Å²) in [5.74, 6) is 1.11. The number of nitrogens with zero attached hydrogens (tertiary/aromatic N) is 1. The van der Waals surface area contributed by atoms with Gasteiger partial charge in [-0.3, -0.25) is 0 Å². The van der Waals surface area contributed by atoms with E-state index in [4.69, 9.17) is 10.2 Å². The van der Waals surface area contributed by atoms with Crippen LogP contribution in [0.5, 0.6) is 0 Å². The third-order valence-corrected chi connectivity index (χ3v) is 3.44. The normalized spacial score (nSPS) is 18.9. The highest BCUT2D eigenvalue weighted by molar-refractivity contribution is 5.54. The van der Waals surface area contributed by atoms with Crippen LogP contribution in [-0.2, 0) is 19.0 Å². The number of aromatic nitrogens is 1. The smallest absolute Gasteiger partial charge is 0.416 e. The maximum atomic E-state index is 12.5. The van der Waals surface area contributed by atoms with E-state index in [0.29, 0.717) is 17.9 Å². The van der Waals surface area contributed by atoms with E-state index in [1.807, 2.05) is 0 Å². The Morgan fingerprint density at radius 2 is 1.90 bits per heavy atom. The van der Waals surface area contributed by atoms with E-state index >= 15 is 0 Å². The molecule has 2 aromatic rings. The molecule has 0 amide bonds. The summed E-state index contributed by atoms with van der Waals surface area (Å²) in [5, 5.41) is 0. The third kappa shape index (κ3) is 2.43. The van der Waals surface area contributed by atoms with Crippen LogP contribution in [0.15, 0.2) is 28.7 Å². The first-order chi connectivity index (χ1) is 9.43. The lowest BCUT2D eigenvalue weighted by Crippen LogP contribution is -2.27. The van der Waals surface area contributed by atoms with Gasteiger partial charge in [0, 0.05) is 18.0 Å². The molecule has 0 spiro atoms. The molecule has 3 nitrogen and oxygen atoms in total. The summed E-state index contributed by atoms with van der Waals surface area (Å²) in [6, 6.07) is 4.88. The molecule has 0 saturated carbocycles. The lowest BCUT2D eigenvalue weighted by molar-refractivity contribution is -0.137. The first-order valence-electron chi connectivity index (χ1n) is 6.35. The number of hydrogen-bond donors (Lipinski definition) is 1. The number of benzene rings is 1. The summed E-state index contributed by atoms with van der Waals surface area (Å²) in [5.41, 5.74) is 6.58. The molecule has 1 aliphatic rings. The van der Waals surface area contributed by atoms with E-state index in [9.17, 15) is 13.2 Å². The molecule has 1 unspecified atom stereocenters. The molecule has 2 N–H and O–H groups in total. The lowest BCUT2D eigenvalue weighted by Gasteiger charge is -2.14. The van der Waals surface area contributed by atoms with Crippen LogP contribution < -0.4 is 5.73 Å². The Bertz CT molecular complexity index is 616. The molecular formula is C14H13F3N2O. The molecule has 3 rings (SSSR count). The topological polar surface area (TPSA) is 52.0 Å². The highest BCUT2D eigenvalue weighted by Gasteiger charge is 2.30. The van der Waals surface area contributed by atoms with Crippen molar-refractivity contribution in [1.82, 2.24) is 4.98 Å². The van der Waals surface area contributed by atoms with Gasteiger partial charge < -0.3 is 10.2 Å². The molecule has 106 valence electrons. The van der Waals surface area contributed by atoms with Crippen molar-refractivity contribution in [3.63, 3.8) is 0 Å². The number of rotatable bonds is 1. The fraction of sp³-hybridized carbons (Fsp3) is 0.357. The summed E-state index contributed by atoms with van der Waals surface area (Å²) < 4.78 is 43.1. The van der Waals surface area contributed by atoms with Gasteiger partial charge in [-0.2, -0.15) is 13.2 Å². The van der Waals surface area contributed by atoms with Gasteiger partial charge in [0.2, 0.25) is 5.89 Å². The van der Waals surface area contributed by atoms with Crippen molar-refractivity contribution < 1.29 is 17.6 Å². The minimum Gasteiger partial charge on any atom is -0.441 e. The number of hydrogen-bond acceptors (Lipinski definition) is 3. The summed E-state index contributed by atoms with van der Waals surface area (Å²) in [6.45, 7) is 0. The summed E-state index contributed by atoms with van der Waals surface area (Å²) >= 11 is 0. The molecule has 1 heterocycles. The fourth-order valence-corrected chi connectivity index (χ4v) is 2.33. The third-order valence-electron chi connectivity index (χ3n) is 3.44. The quantitative estimate of drug-likeness (QED) is 0.874. The highest BCUT2D eigenvalue weighted by atomic mass is 19.4. The average Bonchev–Trinajstić information content (AvgIpc) is 2.80. The summed E-state index contributed by atoms with van der Waals surface area (Å²) in [7, 11) is 0. The number of nitrogens with two attached hydrogens (primary N) is 1. The Morgan fingerprint density at radius 1 is 1.20 bits per heavy atom. The molecule has 0 fully saturated rings. The van der Waals surface area contributed by atoms with E-state index in [2.05, 4.69) is 4.98 Å². The predicted octanol–water partition coefficient (Wildman–Crippen LogP) is 3.18. The van der Waals surface area contributed by atoms with Crippen molar-refractivity contribution in [3.8, 4) is 11.5 Å². The summed E-state index contributed by atoms with van der Waals surface area (Å²) in [6.07, 6.45) is -2.10. The van der Waals surface area contributed by atoms with E-state index in [1.165, 1.54) is 12.1 Å². The second kappa shape index (κ2) is 4.63. The van der Waals surface area contributed by atoms with Gasteiger partial charge in [-0.05, 0) is 37.1 Å². The van der Waals surface area contributed by atoms with Gasteiger partial charge in [0.25, 0.3) is 0 Å². The zero-order valence-corrected chi connectivity index (χ0v) is 10.6. The second-order valence-corrected chi connectivity index (χ2v) is 4.97. The highest BCUT2D eigenvalue weighted by Crippen LogP contribution is 2.32. The van der Waals surface area contributed by atoms with E-state index in [-0.39, 0.29) is 6.04 Å². The summed E-state index contributed by atoms with van der Waals surface area (Å²) in [4.78, 5) is 4.34. The van der Waals surface area contributed by atoms with Crippen LogP contribution >= 0.6 is 0 Å².